The molecule has 2 aromatic carbocycles. The standard InChI is InChI=1S/C18H17N3O3/c1-2-12(11-7-4-3-5-8-11)20-14-15(17(23)16(14)22)21-13-9-6-10-19-18(13)24/h3-10,12,20-21H,2H2,1H3,(H,19,24). The predicted octanol–water partition coefficient (Wildman–Crippen LogP) is 2.69. The molecule has 0 aliphatic heterocycles. The summed E-state index contributed by atoms with van der Waals surface area (Å²) in [6, 6.07) is 12.8. The summed E-state index contributed by atoms with van der Waals surface area (Å²) in [6.07, 6.45) is 2.19. The highest BCUT2D eigenvalue weighted by molar-refractivity contribution is 5.80. The van der Waals surface area contributed by atoms with Crippen LogP contribution in [0.3, 0.4) is 0 Å². The van der Waals surface area contributed by atoms with Crippen LogP contribution in [-0.2, 0) is 0 Å². The Morgan fingerprint density at radius 2 is 1.75 bits per heavy atom. The first-order valence-corrected chi connectivity index (χ1v) is 7.67. The summed E-state index contributed by atoms with van der Waals surface area (Å²) in [5.74, 6) is -0.230. The van der Waals surface area contributed by atoms with Gasteiger partial charge in [0.25, 0.3) is 10.9 Å². The van der Waals surface area contributed by atoms with Gasteiger partial charge in [-0.15, -0.1) is 0 Å². The normalized spacial score (nSPS) is 12.0. The number of rotatable bonds is 6. The second-order valence-corrected chi connectivity index (χ2v) is 5.42. The van der Waals surface area contributed by atoms with Gasteiger partial charge in [-0.25, -0.2) is 4.98 Å². The van der Waals surface area contributed by atoms with Crippen molar-refractivity contribution in [1.29, 1.82) is 0 Å². The van der Waals surface area contributed by atoms with Crippen LogP contribution in [0.15, 0.2) is 58.3 Å². The average Bonchev–Trinajstić information content (AvgIpc) is 2.63. The molecular formula is C18H17N3O3. The van der Waals surface area contributed by atoms with Crippen LogP contribution in [0.5, 0.6) is 5.88 Å². The van der Waals surface area contributed by atoms with E-state index in [4.69, 9.17) is 0 Å². The molecule has 3 rings (SSSR count). The molecule has 1 aromatic heterocycles. The van der Waals surface area contributed by atoms with Crippen molar-refractivity contribution in [2.24, 2.45) is 0 Å². The Kier molecular flexibility index (Phi) is 4.29. The van der Waals surface area contributed by atoms with Crippen LogP contribution in [0.2, 0.25) is 0 Å². The molecule has 6 heteroatoms. The summed E-state index contributed by atoms with van der Waals surface area (Å²) >= 11 is 0. The number of benzene rings is 1. The lowest BCUT2D eigenvalue weighted by molar-refractivity contribution is 0.456. The summed E-state index contributed by atoms with van der Waals surface area (Å²) in [5.41, 5.74) is 0.527. The fraction of sp³-hybridized carbons (Fsp3) is 0.167. The van der Waals surface area contributed by atoms with E-state index in [1.54, 1.807) is 12.1 Å². The van der Waals surface area contributed by atoms with Crippen molar-refractivity contribution in [2.45, 2.75) is 19.4 Å². The number of hydrogen-bond acceptors (Lipinski definition) is 6. The van der Waals surface area contributed by atoms with Crippen LogP contribution in [0.25, 0.3) is 0 Å². The van der Waals surface area contributed by atoms with E-state index in [1.165, 1.54) is 6.20 Å². The molecular weight excluding hydrogens is 306 g/mol. The number of nitrogens with one attached hydrogen (secondary N) is 2. The minimum absolute atomic E-state index is 0.0856. The summed E-state index contributed by atoms with van der Waals surface area (Å²) in [7, 11) is 0. The Bertz CT molecular complexity index is 915. The Balaban J connectivity index is 1.87. The first-order valence-electron chi connectivity index (χ1n) is 7.67. The lowest BCUT2D eigenvalue weighted by atomic mass is 10.0. The topological polar surface area (TPSA) is 91.3 Å². The third kappa shape index (κ3) is 2.86. The van der Waals surface area contributed by atoms with Gasteiger partial charge in [-0.3, -0.25) is 9.59 Å². The molecule has 0 amide bonds. The SMILES string of the molecule is CCC(Nc1c(Nc2cccnc2O)c(=O)c1=O)c1ccccc1. The van der Waals surface area contributed by atoms with E-state index < -0.39 is 10.9 Å². The Labute approximate surface area is 138 Å². The van der Waals surface area contributed by atoms with Gasteiger partial charge in [0.2, 0.25) is 5.88 Å². The van der Waals surface area contributed by atoms with Crippen molar-refractivity contribution in [1.82, 2.24) is 4.98 Å². The Hall–Kier alpha value is -3.15. The Morgan fingerprint density at radius 3 is 2.42 bits per heavy atom. The summed E-state index contributed by atoms with van der Waals surface area (Å²) < 4.78 is 0. The molecule has 0 radical (unpaired) electrons. The van der Waals surface area contributed by atoms with Gasteiger partial charge in [-0.05, 0) is 24.1 Å². The van der Waals surface area contributed by atoms with Crippen molar-refractivity contribution in [3.8, 4) is 5.88 Å². The highest BCUT2D eigenvalue weighted by Crippen LogP contribution is 2.29. The van der Waals surface area contributed by atoms with Crippen LogP contribution in [0, 0.1) is 0 Å². The largest absolute Gasteiger partial charge is 0.492 e. The van der Waals surface area contributed by atoms with Gasteiger partial charge in [0.15, 0.2) is 0 Å². The van der Waals surface area contributed by atoms with E-state index in [1.807, 2.05) is 37.3 Å². The third-order valence-electron chi connectivity index (χ3n) is 3.89. The molecule has 24 heavy (non-hydrogen) atoms. The predicted molar refractivity (Wildman–Crippen MR) is 93.6 cm³/mol. The minimum atomic E-state index is -0.608. The quantitative estimate of drug-likeness (QED) is 0.604. The zero-order valence-electron chi connectivity index (χ0n) is 13.1. The number of anilines is 3. The van der Waals surface area contributed by atoms with Gasteiger partial charge < -0.3 is 15.7 Å². The van der Waals surface area contributed by atoms with E-state index in [-0.39, 0.29) is 29.0 Å². The second kappa shape index (κ2) is 6.54. The molecule has 0 spiro atoms. The van der Waals surface area contributed by atoms with Crippen LogP contribution in [0.1, 0.15) is 24.9 Å². The van der Waals surface area contributed by atoms with E-state index in [0.29, 0.717) is 0 Å². The molecule has 0 saturated heterocycles. The van der Waals surface area contributed by atoms with Gasteiger partial charge in [-0.1, -0.05) is 37.3 Å². The molecule has 3 N–H and O–H groups in total. The fourth-order valence-corrected chi connectivity index (χ4v) is 2.56. The van der Waals surface area contributed by atoms with Crippen molar-refractivity contribution in [2.75, 3.05) is 10.6 Å². The second-order valence-electron chi connectivity index (χ2n) is 5.42. The van der Waals surface area contributed by atoms with Crippen LogP contribution in [0.4, 0.5) is 17.1 Å². The molecule has 122 valence electrons. The first-order chi connectivity index (χ1) is 11.6. The zero-order chi connectivity index (χ0) is 17.1. The van der Waals surface area contributed by atoms with E-state index in [0.717, 1.165) is 12.0 Å². The maximum Gasteiger partial charge on any atom is 0.253 e. The number of pyridine rings is 1. The molecule has 3 aromatic rings. The van der Waals surface area contributed by atoms with E-state index >= 15 is 0 Å². The number of hydrogen-bond donors (Lipinski definition) is 3. The van der Waals surface area contributed by atoms with Crippen LogP contribution < -0.4 is 21.5 Å². The zero-order valence-corrected chi connectivity index (χ0v) is 13.1. The molecule has 6 nitrogen and oxygen atoms in total. The van der Waals surface area contributed by atoms with Crippen LogP contribution >= 0.6 is 0 Å². The minimum Gasteiger partial charge on any atom is -0.492 e. The lowest BCUT2D eigenvalue weighted by Gasteiger charge is -2.22. The van der Waals surface area contributed by atoms with Crippen molar-refractivity contribution >= 4 is 17.1 Å². The third-order valence-corrected chi connectivity index (χ3v) is 3.89. The van der Waals surface area contributed by atoms with E-state index in [9.17, 15) is 14.7 Å². The van der Waals surface area contributed by atoms with Gasteiger partial charge in [0.05, 0.1) is 6.04 Å². The molecule has 1 unspecified atom stereocenters. The van der Waals surface area contributed by atoms with Gasteiger partial charge in [0, 0.05) is 6.20 Å². The number of aromatic hydroxyl groups is 1. The molecule has 0 aliphatic rings. The highest BCUT2D eigenvalue weighted by atomic mass is 16.3. The first kappa shape index (κ1) is 15.7. The number of aromatic nitrogens is 1. The highest BCUT2D eigenvalue weighted by Gasteiger charge is 2.24. The Morgan fingerprint density at radius 1 is 1.04 bits per heavy atom. The van der Waals surface area contributed by atoms with Crippen LogP contribution in [-0.4, -0.2) is 10.1 Å². The van der Waals surface area contributed by atoms with Crippen molar-refractivity contribution < 1.29 is 5.11 Å². The van der Waals surface area contributed by atoms with Crippen molar-refractivity contribution in [3.05, 3.63) is 74.7 Å². The van der Waals surface area contributed by atoms with E-state index in [2.05, 4.69) is 15.6 Å². The molecule has 0 saturated carbocycles. The maximum atomic E-state index is 11.9. The molecule has 1 atom stereocenters. The number of nitrogens with zero attached hydrogens (tertiary/aromatic N) is 1. The van der Waals surface area contributed by atoms with Gasteiger partial charge in [0.1, 0.15) is 17.1 Å². The molecule has 1 heterocycles. The monoisotopic (exact) mass is 323 g/mol. The summed E-state index contributed by atoms with van der Waals surface area (Å²) in [6.45, 7) is 2.00. The molecule has 0 bridgehead atoms. The molecule has 0 fully saturated rings. The van der Waals surface area contributed by atoms with Crippen molar-refractivity contribution in [3.63, 3.8) is 0 Å². The van der Waals surface area contributed by atoms with Gasteiger partial charge >= 0.3 is 0 Å². The molecule has 0 aliphatic carbocycles. The smallest absolute Gasteiger partial charge is 0.253 e. The maximum absolute atomic E-state index is 11.9. The lowest BCUT2D eigenvalue weighted by Crippen LogP contribution is -2.37. The average molecular weight is 323 g/mol. The summed E-state index contributed by atoms with van der Waals surface area (Å²) in [5, 5.41) is 15.6. The fourth-order valence-electron chi connectivity index (χ4n) is 2.56. The summed E-state index contributed by atoms with van der Waals surface area (Å²) in [4.78, 5) is 27.6. The van der Waals surface area contributed by atoms with Gasteiger partial charge in [-0.2, -0.15) is 0 Å².